The average molecular weight is 220 g/mol. The summed E-state index contributed by atoms with van der Waals surface area (Å²) in [6.07, 6.45) is -0.847. The van der Waals surface area contributed by atoms with Crippen LogP contribution in [0.5, 0.6) is 5.88 Å². The van der Waals surface area contributed by atoms with Crippen LogP contribution in [0.1, 0.15) is 0 Å². The first kappa shape index (κ1) is 8.06. The Labute approximate surface area is 71.3 Å². The lowest BCUT2D eigenvalue weighted by molar-refractivity contribution is 0.206. The fourth-order valence-corrected chi connectivity index (χ4v) is 1.05. The van der Waals surface area contributed by atoms with Crippen molar-refractivity contribution in [2.24, 2.45) is 12.8 Å². The Bertz CT molecular complexity index is 283. The molecule has 1 amide bonds. The third-order valence-corrected chi connectivity index (χ3v) is 1.40. The van der Waals surface area contributed by atoms with E-state index in [1.807, 2.05) is 0 Å². The van der Waals surface area contributed by atoms with E-state index in [1.54, 1.807) is 13.1 Å². The number of aromatic nitrogens is 2. The molecule has 0 bridgehead atoms. The molecule has 6 heteroatoms. The van der Waals surface area contributed by atoms with E-state index in [4.69, 9.17) is 5.73 Å². The van der Waals surface area contributed by atoms with Gasteiger partial charge in [-0.3, -0.25) is 0 Å². The van der Waals surface area contributed by atoms with Gasteiger partial charge in [-0.1, -0.05) is 0 Å². The number of halogens is 1. The standard InChI is InChI=1S/C5H6BrN3O2/c1-9-4(11-5(7)10)2-3(6)8-9/h2H,1H3,(H2,7,10). The van der Waals surface area contributed by atoms with Crippen molar-refractivity contribution in [2.45, 2.75) is 0 Å². The van der Waals surface area contributed by atoms with Crippen LogP contribution in [0.25, 0.3) is 0 Å². The quantitative estimate of drug-likeness (QED) is 0.754. The molecule has 0 saturated heterocycles. The Hall–Kier alpha value is -1.04. The third-order valence-electron chi connectivity index (χ3n) is 1.01. The minimum atomic E-state index is -0.847. The van der Waals surface area contributed by atoms with Gasteiger partial charge in [-0.2, -0.15) is 5.10 Å². The number of carbonyl (C=O) groups is 1. The summed E-state index contributed by atoms with van der Waals surface area (Å²) in [5, 5.41) is 3.86. The summed E-state index contributed by atoms with van der Waals surface area (Å²) in [4.78, 5) is 10.3. The fourth-order valence-electron chi connectivity index (χ4n) is 0.615. The topological polar surface area (TPSA) is 70.1 Å². The van der Waals surface area contributed by atoms with E-state index < -0.39 is 6.09 Å². The van der Waals surface area contributed by atoms with Crippen molar-refractivity contribution in [1.82, 2.24) is 9.78 Å². The van der Waals surface area contributed by atoms with Crippen molar-refractivity contribution in [3.8, 4) is 5.88 Å². The number of rotatable bonds is 1. The first-order valence-corrected chi connectivity index (χ1v) is 3.55. The molecule has 0 atom stereocenters. The van der Waals surface area contributed by atoms with Crippen molar-refractivity contribution in [1.29, 1.82) is 0 Å². The summed E-state index contributed by atoms with van der Waals surface area (Å²) in [6.45, 7) is 0. The molecular formula is C5H6BrN3O2. The molecule has 0 aliphatic rings. The van der Waals surface area contributed by atoms with E-state index in [0.717, 1.165) is 0 Å². The van der Waals surface area contributed by atoms with Crippen LogP contribution < -0.4 is 10.5 Å². The highest BCUT2D eigenvalue weighted by molar-refractivity contribution is 9.10. The van der Waals surface area contributed by atoms with Gasteiger partial charge >= 0.3 is 6.09 Å². The number of amides is 1. The van der Waals surface area contributed by atoms with Gasteiger partial charge in [0.25, 0.3) is 0 Å². The number of carbonyl (C=O) groups excluding carboxylic acids is 1. The SMILES string of the molecule is Cn1nc(Br)cc1OC(N)=O. The summed E-state index contributed by atoms with van der Waals surface area (Å²) in [7, 11) is 1.64. The van der Waals surface area contributed by atoms with E-state index in [0.29, 0.717) is 10.5 Å². The minimum absolute atomic E-state index is 0.310. The van der Waals surface area contributed by atoms with Gasteiger partial charge in [-0.25, -0.2) is 9.48 Å². The lowest BCUT2D eigenvalue weighted by atomic mass is 10.7. The zero-order valence-electron chi connectivity index (χ0n) is 5.74. The number of nitrogens with zero attached hydrogens (tertiary/aromatic N) is 2. The number of hydrogen-bond acceptors (Lipinski definition) is 3. The largest absolute Gasteiger partial charge is 0.411 e. The summed E-state index contributed by atoms with van der Waals surface area (Å²) in [5.74, 6) is 0.310. The van der Waals surface area contributed by atoms with Gasteiger partial charge in [0, 0.05) is 13.1 Å². The molecule has 1 heterocycles. The maximum atomic E-state index is 10.3. The zero-order valence-corrected chi connectivity index (χ0v) is 7.33. The van der Waals surface area contributed by atoms with E-state index in [-0.39, 0.29) is 0 Å². The average Bonchev–Trinajstić information content (AvgIpc) is 2.09. The van der Waals surface area contributed by atoms with Crippen LogP contribution in [0, 0.1) is 0 Å². The van der Waals surface area contributed by atoms with Crippen LogP contribution in [0.4, 0.5) is 4.79 Å². The van der Waals surface area contributed by atoms with Gasteiger partial charge in [0.15, 0.2) is 0 Å². The normalized spacial score (nSPS) is 9.64. The lowest BCUT2D eigenvalue weighted by Crippen LogP contribution is -2.17. The maximum absolute atomic E-state index is 10.3. The molecule has 0 aliphatic carbocycles. The van der Waals surface area contributed by atoms with Crippen molar-refractivity contribution >= 4 is 22.0 Å². The second-order valence-electron chi connectivity index (χ2n) is 1.85. The van der Waals surface area contributed by atoms with Crippen molar-refractivity contribution in [3.63, 3.8) is 0 Å². The smallest absolute Gasteiger partial charge is 0.392 e. The first-order valence-electron chi connectivity index (χ1n) is 2.76. The lowest BCUT2D eigenvalue weighted by Gasteiger charge is -1.97. The molecule has 1 aromatic heterocycles. The number of ether oxygens (including phenoxy) is 1. The Morgan fingerprint density at radius 3 is 2.91 bits per heavy atom. The molecule has 60 valence electrons. The van der Waals surface area contributed by atoms with Gasteiger partial charge < -0.3 is 10.5 Å². The molecule has 0 spiro atoms. The summed E-state index contributed by atoms with van der Waals surface area (Å²) < 4.78 is 6.57. The molecule has 1 rings (SSSR count). The van der Waals surface area contributed by atoms with Gasteiger partial charge in [-0.05, 0) is 15.9 Å². The molecule has 2 N–H and O–H groups in total. The molecule has 11 heavy (non-hydrogen) atoms. The number of hydrogen-bond donors (Lipinski definition) is 1. The summed E-state index contributed by atoms with van der Waals surface area (Å²) in [6, 6.07) is 1.55. The Morgan fingerprint density at radius 1 is 1.91 bits per heavy atom. The molecule has 0 saturated carbocycles. The number of primary amides is 1. The number of aryl methyl sites for hydroxylation is 1. The van der Waals surface area contributed by atoms with Crippen LogP contribution >= 0.6 is 15.9 Å². The second kappa shape index (κ2) is 2.91. The highest BCUT2D eigenvalue weighted by Crippen LogP contribution is 2.15. The highest BCUT2D eigenvalue weighted by atomic mass is 79.9. The first-order chi connectivity index (χ1) is 5.09. The summed E-state index contributed by atoms with van der Waals surface area (Å²) in [5.41, 5.74) is 4.79. The Kier molecular flexibility index (Phi) is 2.13. The van der Waals surface area contributed by atoms with Gasteiger partial charge in [0.1, 0.15) is 4.60 Å². The van der Waals surface area contributed by atoms with E-state index in [1.165, 1.54) is 4.68 Å². The molecule has 0 aromatic carbocycles. The molecule has 5 nitrogen and oxygen atoms in total. The zero-order chi connectivity index (χ0) is 8.43. The van der Waals surface area contributed by atoms with Crippen molar-refractivity contribution in [3.05, 3.63) is 10.7 Å². The Morgan fingerprint density at radius 2 is 2.55 bits per heavy atom. The third kappa shape index (κ3) is 1.94. The van der Waals surface area contributed by atoms with Crippen LogP contribution in [0.2, 0.25) is 0 Å². The Balaban J connectivity index is 2.85. The monoisotopic (exact) mass is 219 g/mol. The van der Waals surface area contributed by atoms with Crippen LogP contribution in [-0.4, -0.2) is 15.9 Å². The fraction of sp³-hybridized carbons (Fsp3) is 0.200. The maximum Gasteiger partial charge on any atom is 0.411 e. The van der Waals surface area contributed by atoms with E-state index in [2.05, 4.69) is 25.8 Å². The van der Waals surface area contributed by atoms with Gasteiger partial charge in [0.05, 0.1) is 0 Å². The molecule has 0 aliphatic heterocycles. The second-order valence-corrected chi connectivity index (χ2v) is 2.66. The van der Waals surface area contributed by atoms with Gasteiger partial charge in [-0.15, -0.1) is 0 Å². The molecule has 0 unspecified atom stereocenters. The van der Waals surface area contributed by atoms with Crippen LogP contribution in [0.15, 0.2) is 10.7 Å². The summed E-state index contributed by atoms with van der Waals surface area (Å²) >= 11 is 3.11. The van der Waals surface area contributed by atoms with Crippen molar-refractivity contribution in [2.75, 3.05) is 0 Å². The van der Waals surface area contributed by atoms with E-state index >= 15 is 0 Å². The molecule has 1 aromatic rings. The highest BCUT2D eigenvalue weighted by Gasteiger charge is 2.05. The molecular weight excluding hydrogens is 214 g/mol. The van der Waals surface area contributed by atoms with Gasteiger partial charge in [0.2, 0.25) is 5.88 Å². The van der Waals surface area contributed by atoms with Crippen LogP contribution in [0.3, 0.4) is 0 Å². The predicted octanol–water partition coefficient (Wildman–Crippen LogP) is 0.640. The van der Waals surface area contributed by atoms with Crippen molar-refractivity contribution < 1.29 is 9.53 Å². The minimum Gasteiger partial charge on any atom is -0.392 e. The molecule has 0 radical (unpaired) electrons. The van der Waals surface area contributed by atoms with E-state index in [9.17, 15) is 4.79 Å². The molecule has 0 fully saturated rings. The number of nitrogens with two attached hydrogens (primary N) is 1. The predicted molar refractivity (Wildman–Crippen MR) is 41.1 cm³/mol. The van der Waals surface area contributed by atoms with Crippen LogP contribution in [-0.2, 0) is 7.05 Å².